The van der Waals surface area contributed by atoms with Gasteiger partial charge in [0.05, 0.1) is 0 Å². The van der Waals surface area contributed by atoms with Gasteiger partial charge in [-0.2, -0.15) is 35.1 Å². The van der Waals surface area contributed by atoms with E-state index >= 15 is 0 Å². The van der Waals surface area contributed by atoms with Crippen LogP contribution < -0.4 is 0 Å². The minimum Gasteiger partial charge on any atom is -0.478 e. The molecular weight excluding hydrogens is 384 g/mol. The first-order valence-electron chi connectivity index (χ1n) is 6.75. The number of aliphatic carboxylic acids is 2. The molecule has 0 fully saturated rings. The molecule has 26 heavy (non-hydrogen) atoms. The van der Waals surface area contributed by atoms with Gasteiger partial charge in [0.2, 0.25) is 0 Å². The van der Waals surface area contributed by atoms with Gasteiger partial charge in [0.25, 0.3) is 0 Å². The highest BCUT2D eigenvalue weighted by Crippen LogP contribution is 2.54. The SMILES string of the molecule is C/C(=C\CCC(F)(F)C(F)(F)C(F)(F)C(F)(F)/C=C(\C)C(=O)O)C(=O)O. The fourth-order valence-corrected chi connectivity index (χ4v) is 1.58. The molecule has 0 aliphatic rings. The molecular formula is C14H14F8O4. The van der Waals surface area contributed by atoms with Crippen molar-refractivity contribution < 1.29 is 54.9 Å². The number of alkyl halides is 8. The number of carboxylic acid groups (broad SMARTS) is 2. The van der Waals surface area contributed by atoms with E-state index in [1.165, 1.54) is 0 Å². The third kappa shape index (κ3) is 4.73. The van der Waals surface area contributed by atoms with E-state index in [0.29, 0.717) is 13.0 Å². The predicted octanol–water partition coefficient (Wildman–Crippen LogP) is 4.37. The van der Waals surface area contributed by atoms with Gasteiger partial charge in [-0.1, -0.05) is 6.08 Å². The van der Waals surface area contributed by atoms with Crippen LogP contribution in [0.4, 0.5) is 35.1 Å². The van der Waals surface area contributed by atoms with E-state index in [9.17, 15) is 44.7 Å². The molecule has 150 valence electrons. The largest absolute Gasteiger partial charge is 0.478 e. The number of hydrogen-bond acceptors (Lipinski definition) is 2. The standard InChI is InChI=1S/C14H14F8O4/c1-7(9(23)24)4-3-5-11(15,16)13(19,20)14(21,22)12(17,18)6-8(2)10(25)26/h4,6H,3,5H2,1-2H3,(H,23,24)(H,25,26)/b7-4+,8-6+. The summed E-state index contributed by atoms with van der Waals surface area (Å²) in [5.41, 5.74) is -1.99. The van der Waals surface area contributed by atoms with Gasteiger partial charge in [-0.05, 0) is 20.3 Å². The molecule has 0 amide bonds. The van der Waals surface area contributed by atoms with Gasteiger partial charge >= 0.3 is 35.6 Å². The van der Waals surface area contributed by atoms with Gasteiger partial charge in [0, 0.05) is 23.6 Å². The average Bonchev–Trinajstić information content (AvgIpc) is 2.45. The molecule has 0 saturated heterocycles. The number of halogens is 8. The summed E-state index contributed by atoms with van der Waals surface area (Å²) in [4.78, 5) is 20.8. The highest BCUT2D eigenvalue weighted by atomic mass is 19.4. The minimum atomic E-state index is -6.62. The molecule has 0 heterocycles. The Balaban J connectivity index is 5.73. The normalized spacial score (nSPS) is 15.2. The molecule has 4 nitrogen and oxygen atoms in total. The van der Waals surface area contributed by atoms with Crippen LogP contribution in [-0.4, -0.2) is 45.8 Å². The van der Waals surface area contributed by atoms with E-state index < -0.39 is 65.7 Å². The van der Waals surface area contributed by atoms with Gasteiger partial charge in [-0.15, -0.1) is 0 Å². The zero-order chi connectivity index (χ0) is 21.1. The Morgan fingerprint density at radius 2 is 1.23 bits per heavy atom. The summed E-state index contributed by atoms with van der Waals surface area (Å²) >= 11 is 0. The molecule has 0 aromatic carbocycles. The highest BCUT2D eigenvalue weighted by molar-refractivity contribution is 5.86. The molecule has 0 aliphatic carbocycles. The van der Waals surface area contributed by atoms with Crippen molar-refractivity contribution >= 4 is 11.9 Å². The van der Waals surface area contributed by atoms with Gasteiger partial charge in [-0.25, -0.2) is 9.59 Å². The van der Waals surface area contributed by atoms with Crippen molar-refractivity contribution in [3.8, 4) is 0 Å². The van der Waals surface area contributed by atoms with Crippen molar-refractivity contribution in [3.05, 3.63) is 23.3 Å². The maximum absolute atomic E-state index is 13.5. The van der Waals surface area contributed by atoms with Crippen LogP contribution in [0.15, 0.2) is 23.3 Å². The van der Waals surface area contributed by atoms with Crippen LogP contribution in [0.3, 0.4) is 0 Å². The third-order valence-electron chi connectivity index (χ3n) is 3.25. The van der Waals surface area contributed by atoms with Gasteiger partial charge in [0.15, 0.2) is 0 Å². The number of carbonyl (C=O) groups is 2. The molecule has 12 heteroatoms. The highest BCUT2D eigenvalue weighted by Gasteiger charge is 2.79. The quantitative estimate of drug-likeness (QED) is 0.447. The third-order valence-corrected chi connectivity index (χ3v) is 3.25. The number of carboxylic acids is 2. The maximum atomic E-state index is 13.5. The summed E-state index contributed by atoms with van der Waals surface area (Å²) in [6.45, 7) is 1.31. The fourth-order valence-electron chi connectivity index (χ4n) is 1.58. The Hall–Kier alpha value is -2.14. The second-order valence-corrected chi connectivity index (χ2v) is 5.34. The van der Waals surface area contributed by atoms with E-state index in [1.54, 1.807) is 0 Å². The van der Waals surface area contributed by atoms with Gasteiger partial charge < -0.3 is 10.2 Å². The molecule has 0 radical (unpaired) electrons. The Bertz CT molecular complexity index is 622. The first-order valence-corrected chi connectivity index (χ1v) is 6.75. The van der Waals surface area contributed by atoms with Crippen LogP contribution >= 0.6 is 0 Å². The van der Waals surface area contributed by atoms with E-state index in [2.05, 4.69) is 0 Å². The molecule has 0 rings (SSSR count). The molecule has 0 unspecified atom stereocenters. The number of hydrogen-bond donors (Lipinski definition) is 2. The molecule has 0 atom stereocenters. The van der Waals surface area contributed by atoms with Crippen molar-refractivity contribution in [1.82, 2.24) is 0 Å². The van der Waals surface area contributed by atoms with E-state index in [1.807, 2.05) is 0 Å². The van der Waals surface area contributed by atoms with Crippen LogP contribution in [0.1, 0.15) is 26.7 Å². The Morgan fingerprint density at radius 3 is 1.62 bits per heavy atom. The van der Waals surface area contributed by atoms with Crippen LogP contribution in [0, 0.1) is 0 Å². The Kier molecular flexibility index (Phi) is 6.99. The molecule has 0 aromatic heterocycles. The minimum absolute atomic E-state index is 0.391. The van der Waals surface area contributed by atoms with Crippen molar-refractivity contribution in [2.24, 2.45) is 0 Å². The van der Waals surface area contributed by atoms with E-state index in [-0.39, 0.29) is 0 Å². The number of allylic oxidation sites excluding steroid dienone is 2. The zero-order valence-corrected chi connectivity index (χ0v) is 13.3. The summed E-state index contributed by atoms with van der Waals surface area (Å²) in [6.07, 6.45) is -3.64. The van der Waals surface area contributed by atoms with Crippen LogP contribution in [0.2, 0.25) is 0 Å². The summed E-state index contributed by atoms with van der Waals surface area (Å²) in [5, 5.41) is 16.8. The molecule has 0 aromatic rings. The topological polar surface area (TPSA) is 74.6 Å². The smallest absolute Gasteiger partial charge is 0.381 e. The molecule has 0 aliphatic heterocycles. The fraction of sp³-hybridized carbons (Fsp3) is 0.571. The second-order valence-electron chi connectivity index (χ2n) is 5.34. The Labute approximate surface area is 141 Å². The molecule has 0 spiro atoms. The second kappa shape index (κ2) is 7.62. The van der Waals surface area contributed by atoms with Crippen LogP contribution in [0.5, 0.6) is 0 Å². The van der Waals surface area contributed by atoms with Crippen LogP contribution in [-0.2, 0) is 9.59 Å². The lowest BCUT2D eigenvalue weighted by molar-refractivity contribution is -0.356. The molecule has 2 N–H and O–H groups in total. The Morgan fingerprint density at radius 1 is 0.808 bits per heavy atom. The summed E-state index contributed by atoms with van der Waals surface area (Å²) in [5.74, 6) is -28.4. The number of rotatable bonds is 9. The summed E-state index contributed by atoms with van der Waals surface area (Å²) < 4.78 is 108. The lowest BCUT2D eigenvalue weighted by Gasteiger charge is -2.35. The lowest BCUT2D eigenvalue weighted by atomic mass is 9.94. The molecule has 0 bridgehead atoms. The van der Waals surface area contributed by atoms with Crippen molar-refractivity contribution in [3.63, 3.8) is 0 Å². The summed E-state index contributed by atoms with van der Waals surface area (Å²) in [6, 6.07) is 0. The van der Waals surface area contributed by atoms with E-state index in [0.717, 1.165) is 6.92 Å². The predicted molar refractivity (Wildman–Crippen MR) is 71.8 cm³/mol. The maximum Gasteiger partial charge on any atom is 0.381 e. The first kappa shape index (κ1) is 23.9. The zero-order valence-electron chi connectivity index (χ0n) is 13.3. The van der Waals surface area contributed by atoms with Crippen LogP contribution in [0.25, 0.3) is 0 Å². The monoisotopic (exact) mass is 398 g/mol. The first-order chi connectivity index (χ1) is 11.4. The van der Waals surface area contributed by atoms with Crippen molar-refractivity contribution in [2.45, 2.75) is 50.4 Å². The van der Waals surface area contributed by atoms with Crippen molar-refractivity contribution in [2.75, 3.05) is 0 Å². The average molecular weight is 398 g/mol. The van der Waals surface area contributed by atoms with E-state index in [4.69, 9.17) is 10.2 Å². The molecule has 0 saturated carbocycles. The van der Waals surface area contributed by atoms with Crippen molar-refractivity contribution in [1.29, 1.82) is 0 Å². The van der Waals surface area contributed by atoms with Gasteiger partial charge in [0.1, 0.15) is 0 Å². The lowest BCUT2D eigenvalue weighted by Crippen LogP contribution is -2.61. The summed E-state index contributed by atoms with van der Waals surface area (Å²) in [7, 11) is 0. The van der Waals surface area contributed by atoms with Gasteiger partial charge in [-0.3, -0.25) is 0 Å².